The maximum Gasteiger partial charge on any atom is 0.224 e. The first-order valence-corrected chi connectivity index (χ1v) is 6.01. The molecular formula is C10H10N6S. The number of rotatable bonds is 3. The molecule has 7 heteroatoms. The molecule has 0 aliphatic heterocycles. The fourth-order valence-electron chi connectivity index (χ4n) is 1.62. The van der Waals surface area contributed by atoms with Crippen LogP contribution >= 0.6 is 11.3 Å². The van der Waals surface area contributed by atoms with Gasteiger partial charge in [-0.25, -0.2) is 9.97 Å². The highest BCUT2D eigenvalue weighted by atomic mass is 32.1. The molecule has 3 rings (SSSR count). The van der Waals surface area contributed by atoms with Gasteiger partial charge in [0.05, 0.1) is 22.3 Å². The largest absolute Gasteiger partial charge is 0.357 e. The number of nitrogens with one attached hydrogen (secondary N) is 2. The van der Waals surface area contributed by atoms with Crippen molar-refractivity contribution in [1.29, 1.82) is 0 Å². The first-order valence-electron chi connectivity index (χ1n) is 5.13. The van der Waals surface area contributed by atoms with E-state index in [0.29, 0.717) is 12.4 Å². The van der Waals surface area contributed by atoms with Gasteiger partial charge in [0, 0.05) is 25.0 Å². The summed E-state index contributed by atoms with van der Waals surface area (Å²) in [6.45, 7) is 0. The molecule has 0 spiro atoms. The van der Waals surface area contributed by atoms with Gasteiger partial charge in [-0.1, -0.05) is 0 Å². The van der Waals surface area contributed by atoms with Crippen LogP contribution < -0.4 is 5.32 Å². The van der Waals surface area contributed by atoms with Crippen LogP contribution in [0, 0.1) is 0 Å². The zero-order chi connectivity index (χ0) is 11.7. The van der Waals surface area contributed by atoms with Crippen LogP contribution in [0.1, 0.15) is 10.7 Å². The van der Waals surface area contributed by atoms with E-state index in [0.717, 1.165) is 21.7 Å². The normalized spacial score (nSPS) is 10.9. The number of fused-ring (bicyclic) bond motifs is 1. The van der Waals surface area contributed by atoms with Crippen LogP contribution in [-0.2, 0) is 6.42 Å². The average Bonchev–Trinajstić information content (AvgIpc) is 2.98. The van der Waals surface area contributed by atoms with Gasteiger partial charge in [0.2, 0.25) is 5.95 Å². The first kappa shape index (κ1) is 10.2. The van der Waals surface area contributed by atoms with E-state index in [9.17, 15) is 0 Å². The number of nitrogens with zero attached hydrogens (tertiary/aromatic N) is 4. The highest BCUT2D eigenvalue weighted by Gasteiger charge is 2.10. The number of hydrogen-bond acceptors (Lipinski definition) is 6. The standard InChI is InChI=1S/C10H10N6S/c1-11-10-14-7(4-8-12-2-3-17-8)6-5-13-16-9(6)15-10/h2-3,5H,4H2,1H3,(H2,11,13,14,15,16). The molecule has 3 aromatic heterocycles. The van der Waals surface area contributed by atoms with Crippen LogP contribution in [-0.4, -0.2) is 32.2 Å². The molecule has 0 amide bonds. The van der Waals surface area contributed by atoms with Crippen molar-refractivity contribution >= 4 is 28.3 Å². The van der Waals surface area contributed by atoms with Crippen molar-refractivity contribution in [2.75, 3.05) is 12.4 Å². The van der Waals surface area contributed by atoms with Crippen molar-refractivity contribution in [1.82, 2.24) is 25.1 Å². The minimum Gasteiger partial charge on any atom is -0.357 e. The molecule has 3 heterocycles. The van der Waals surface area contributed by atoms with Crippen molar-refractivity contribution in [3.05, 3.63) is 28.5 Å². The molecule has 0 atom stereocenters. The van der Waals surface area contributed by atoms with Crippen LogP contribution in [0.2, 0.25) is 0 Å². The summed E-state index contributed by atoms with van der Waals surface area (Å²) in [7, 11) is 1.80. The third-order valence-corrected chi connectivity index (χ3v) is 3.19. The van der Waals surface area contributed by atoms with Crippen LogP contribution in [0.15, 0.2) is 17.8 Å². The molecule has 6 nitrogen and oxygen atoms in total. The maximum atomic E-state index is 4.45. The summed E-state index contributed by atoms with van der Waals surface area (Å²) in [5.41, 5.74) is 1.68. The Morgan fingerprint density at radius 1 is 1.41 bits per heavy atom. The second-order valence-electron chi connectivity index (χ2n) is 3.48. The fraction of sp³-hybridized carbons (Fsp3) is 0.200. The van der Waals surface area contributed by atoms with E-state index in [1.165, 1.54) is 0 Å². The number of aromatic amines is 1. The van der Waals surface area contributed by atoms with Gasteiger partial charge in [-0.3, -0.25) is 5.10 Å². The van der Waals surface area contributed by atoms with E-state index >= 15 is 0 Å². The molecular weight excluding hydrogens is 236 g/mol. The van der Waals surface area contributed by atoms with Gasteiger partial charge in [-0.2, -0.15) is 10.1 Å². The molecule has 86 valence electrons. The van der Waals surface area contributed by atoms with Gasteiger partial charge in [0.25, 0.3) is 0 Å². The summed E-state index contributed by atoms with van der Waals surface area (Å²) in [6, 6.07) is 0. The molecule has 2 N–H and O–H groups in total. The van der Waals surface area contributed by atoms with E-state index < -0.39 is 0 Å². The predicted octanol–water partition coefficient (Wildman–Crippen LogP) is 1.44. The highest BCUT2D eigenvalue weighted by Crippen LogP contribution is 2.19. The molecule has 0 fully saturated rings. The Hall–Kier alpha value is -2.02. The molecule has 0 saturated heterocycles. The third-order valence-electron chi connectivity index (χ3n) is 2.41. The Morgan fingerprint density at radius 3 is 3.12 bits per heavy atom. The van der Waals surface area contributed by atoms with Gasteiger partial charge < -0.3 is 5.32 Å². The van der Waals surface area contributed by atoms with Crippen LogP contribution in [0.25, 0.3) is 11.0 Å². The Bertz CT molecular complexity index is 629. The zero-order valence-corrected chi connectivity index (χ0v) is 9.95. The minimum atomic E-state index is 0.591. The lowest BCUT2D eigenvalue weighted by atomic mass is 10.2. The van der Waals surface area contributed by atoms with E-state index in [1.807, 2.05) is 5.38 Å². The van der Waals surface area contributed by atoms with Gasteiger partial charge in [0.1, 0.15) is 0 Å². The molecule has 0 bridgehead atoms. The summed E-state index contributed by atoms with van der Waals surface area (Å²) in [4.78, 5) is 13.0. The first-order chi connectivity index (χ1) is 8.36. The van der Waals surface area contributed by atoms with Crippen LogP contribution in [0.3, 0.4) is 0 Å². The monoisotopic (exact) mass is 246 g/mol. The van der Waals surface area contributed by atoms with E-state index in [1.54, 1.807) is 30.8 Å². The number of hydrogen-bond donors (Lipinski definition) is 2. The molecule has 3 aromatic rings. The maximum absolute atomic E-state index is 4.45. The summed E-state index contributed by atoms with van der Waals surface area (Å²) < 4.78 is 0. The van der Waals surface area contributed by atoms with E-state index in [4.69, 9.17) is 0 Å². The van der Waals surface area contributed by atoms with Crippen molar-refractivity contribution in [3.8, 4) is 0 Å². The number of H-pyrrole nitrogens is 1. The lowest BCUT2D eigenvalue weighted by molar-refractivity contribution is 1.04. The average molecular weight is 246 g/mol. The van der Waals surface area contributed by atoms with Crippen molar-refractivity contribution in [3.63, 3.8) is 0 Å². The number of thiazole rings is 1. The van der Waals surface area contributed by atoms with E-state index in [2.05, 4.69) is 30.5 Å². The summed E-state index contributed by atoms with van der Waals surface area (Å²) in [5, 5.41) is 13.7. The highest BCUT2D eigenvalue weighted by molar-refractivity contribution is 7.09. The number of aromatic nitrogens is 5. The van der Waals surface area contributed by atoms with Crippen LogP contribution in [0.5, 0.6) is 0 Å². The predicted molar refractivity (Wildman–Crippen MR) is 66.2 cm³/mol. The van der Waals surface area contributed by atoms with Crippen molar-refractivity contribution in [2.45, 2.75) is 6.42 Å². The summed E-state index contributed by atoms with van der Waals surface area (Å²) >= 11 is 1.62. The SMILES string of the molecule is CNc1nc(Cc2nccs2)c2cn[nH]c2n1. The fourth-order valence-corrected chi connectivity index (χ4v) is 2.25. The summed E-state index contributed by atoms with van der Waals surface area (Å²) in [5.74, 6) is 0.591. The second-order valence-corrected chi connectivity index (χ2v) is 4.46. The Labute approximate surface area is 101 Å². The van der Waals surface area contributed by atoms with Crippen LogP contribution in [0.4, 0.5) is 5.95 Å². The van der Waals surface area contributed by atoms with Crippen molar-refractivity contribution in [2.24, 2.45) is 0 Å². The molecule has 17 heavy (non-hydrogen) atoms. The van der Waals surface area contributed by atoms with E-state index in [-0.39, 0.29) is 0 Å². The molecule has 0 unspecified atom stereocenters. The summed E-state index contributed by atoms with van der Waals surface area (Å²) in [6.07, 6.45) is 4.25. The number of anilines is 1. The van der Waals surface area contributed by atoms with Gasteiger partial charge >= 0.3 is 0 Å². The molecule has 0 aromatic carbocycles. The Balaban J connectivity index is 2.10. The molecule has 0 aliphatic rings. The van der Waals surface area contributed by atoms with Gasteiger partial charge in [-0.15, -0.1) is 11.3 Å². The molecule has 0 radical (unpaired) electrons. The topological polar surface area (TPSA) is 79.4 Å². The quantitative estimate of drug-likeness (QED) is 0.731. The lowest BCUT2D eigenvalue weighted by Gasteiger charge is -2.03. The zero-order valence-electron chi connectivity index (χ0n) is 9.14. The van der Waals surface area contributed by atoms with Crippen molar-refractivity contribution < 1.29 is 0 Å². The Morgan fingerprint density at radius 2 is 2.35 bits per heavy atom. The third kappa shape index (κ3) is 1.84. The van der Waals surface area contributed by atoms with Gasteiger partial charge in [-0.05, 0) is 0 Å². The molecule has 0 saturated carbocycles. The second kappa shape index (κ2) is 4.10. The smallest absolute Gasteiger partial charge is 0.224 e. The Kier molecular flexibility index (Phi) is 2.45. The minimum absolute atomic E-state index is 0.591. The lowest BCUT2D eigenvalue weighted by Crippen LogP contribution is -2.01. The molecule has 0 aliphatic carbocycles. The van der Waals surface area contributed by atoms with Gasteiger partial charge in [0.15, 0.2) is 5.65 Å².